The van der Waals surface area contributed by atoms with Gasteiger partial charge in [0.1, 0.15) is 10.8 Å². The van der Waals surface area contributed by atoms with Gasteiger partial charge >= 0.3 is 0 Å². The number of rotatable bonds is 9. The monoisotopic (exact) mass is 284 g/mol. The van der Waals surface area contributed by atoms with E-state index in [2.05, 4.69) is 34.4 Å². The molecular formula is C14H25ClN4. The van der Waals surface area contributed by atoms with E-state index in [0.717, 1.165) is 18.9 Å². The molecule has 1 aromatic heterocycles. The number of aromatic nitrogens is 2. The maximum atomic E-state index is 6.11. The van der Waals surface area contributed by atoms with Crippen molar-refractivity contribution in [2.24, 2.45) is 5.92 Å². The van der Waals surface area contributed by atoms with Crippen LogP contribution in [0.25, 0.3) is 0 Å². The van der Waals surface area contributed by atoms with Gasteiger partial charge in [0.2, 0.25) is 5.95 Å². The van der Waals surface area contributed by atoms with E-state index in [4.69, 9.17) is 11.6 Å². The maximum Gasteiger partial charge on any atom is 0.224 e. The van der Waals surface area contributed by atoms with E-state index in [-0.39, 0.29) is 0 Å². The van der Waals surface area contributed by atoms with Crippen LogP contribution >= 0.6 is 11.6 Å². The van der Waals surface area contributed by atoms with Gasteiger partial charge in [0.05, 0.1) is 6.20 Å². The quantitative estimate of drug-likeness (QED) is 0.714. The molecule has 0 aromatic carbocycles. The van der Waals surface area contributed by atoms with Gasteiger partial charge in [0.15, 0.2) is 0 Å². The third kappa shape index (κ3) is 5.64. The van der Waals surface area contributed by atoms with E-state index >= 15 is 0 Å². The van der Waals surface area contributed by atoms with Crippen LogP contribution in [0.1, 0.15) is 46.5 Å². The zero-order chi connectivity index (χ0) is 14.1. The number of anilines is 2. The second-order valence-electron chi connectivity index (χ2n) is 4.72. The van der Waals surface area contributed by atoms with Crippen LogP contribution in [0.5, 0.6) is 0 Å². The normalized spacial score (nSPS) is 12.2. The minimum Gasteiger partial charge on any atom is -0.368 e. The second kappa shape index (κ2) is 8.97. The number of hydrogen-bond acceptors (Lipinski definition) is 4. The minimum atomic E-state index is 0.576. The Balaban J connectivity index is 2.57. The Bertz CT molecular complexity index is 370. The van der Waals surface area contributed by atoms with Crippen molar-refractivity contribution in [2.45, 2.75) is 46.5 Å². The average molecular weight is 285 g/mol. The molecule has 1 aromatic rings. The summed E-state index contributed by atoms with van der Waals surface area (Å²) in [7, 11) is 0. The lowest BCUT2D eigenvalue weighted by molar-refractivity contribution is 0.472. The summed E-state index contributed by atoms with van der Waals surface area (Å²) in [5.74, 6) is 2.02. The molecule has 2 N–H and O–H groups in total. The lowest BCUT2D eigenvalue weighted by Crippen LogP contribution is -2.15. The highest BCUT2D eigenvalue weighted by Crippen LogP contribution is 2.21. The zero-order valence-corrected chi connectivity index (χ0v) is 12.9. The van der Waals surface area contributed by atoms with E-state index in [9.17, 15) is 0 Å². The fraction of sp³-hybridized carbons (Fsp3) is 0.714. The summed E-state index contributed by atoms with van der Waals surface area (Å²) in [6.45, 7) is 8.19. The van der Waals surface area contributed by atoms with Crippen LogP contribution in [0.3, 0.4) is 0 Å². The molecule has 0 aliphatic rings. The summed E-state index contributed by atoms with van der Waals surface area (Å²) in [5, 5.41) is 7.01. The number of nitrogens with zero attached hydrogens (tertiary/aromatic N) is 2. The molecule has 1 atom stereocenters. The van der Waals surface area contributed by atoms with Gasteiger partial charge in [0, 0.05) is 13.1 Å². The standard InChI is InChI=1S/C14H25ClN4/c1-4-7-8-11(5-2)9-17-13-12(15)10-18-14(19-13)16-6-3/h10-11H,4-9H2,1-3H3,(H2,16,17,18,19). The largest absolute Gasteiger partial charge is 0.368 e. The van der Waals surface area contributed by atoms with E-state index in [1.54, 1.807) is 6.20 Å². The van der Waals surface area contributed by atoms with Crippen LogP contribution in [0.15, 0.2) is 6.20 Å². The van der Waals surface area contributed by atoms with Gasteiger partial charge in [-0.2, -0.15) is 4.98 Å². The molecule has 1 unspecified atom stereocenters. The Kier molecular flexibility index (Phi) is 7.56. The lowest BCUT2D eigenvalue weighted by Gasteiger charge is -2.16. The first kappa shape index (κ1) is 16.0. The van der Waals surface area contributed by atoms with Crippen LogP contribution in [-0.4, -0.2) is 23.1 Å². The molecule has 108 valence electrons. The summed E-state index contributed by atoms with van der Waals surface area (Å²) in [5.41, 5.74) is 0. The Morgan fingerprint density at radius 3 is 2.68 bits per heavy atom. The minimum absolute atomic E-state index is 0.576. The molecule has 0 radical (unpaired) electrons. The van der Waals surface area contributed by atoms with Gasteiger partial charge in [-0.3, -0.25) is 0 Å². The third-order valence-corrected chi connectivity index (χ3v) is 3.46. The van der Waals surface area contributed by atoms with Crippen LogP contribution in [0, 0.1) is 5.92 Å². The van der Waals surface area contributed by atoms with Crippen LogP contribution in [0.4, 0.5) is 11.8 Å². The summed E-state index contributed by atoms with van der Waals surface area (Å²) >= 11 is 6.11. The second-order valence-corrected chi connectivity index (χ2v) is 5.13. The smallest absolute Gasteiger partial charge is 0.224 e. The first-order chi connectivity index (χ1) is 9.21. The van der Waals surface area contributed by atoms with E-state index in [1.807, 2.05) is 6.92 Å². The Hall–Kier alpha value is -1.03. The van der Waals surface area contributed by atoms with Gasteiger partial charge < -0.3 is 10.6 Å². The van der Waals surface area contributed by atoms with Crippen molar-refractivity contribution in [1.82, 2.24) is 9.97 Å². The van der Waals surface area contributed by atoms with Crippen LogP contribution < -0.4 is 10.6 Å². The molecule has 5 heteroatoms. The topological polar surface area (TPSA) is 49.8 Å². The summed E-state index contributed by atoms with van der Waals surface area (Å²) in [6.07, 6.45) is 6.59. The van der Waals surface area contributed by atoms with Crippen molar-refractivity contribution in [3.63, 3.8) is 0 Å². The van der Waals surface area contributed by atoms with Gasteiger partial charge in [-0.15, -0.1) is 0 Å². The van der Waals surface area contributed by atoms with Crippen molar-refractivity contribution >= 4 is 23.4 Å². The fourth-order valence-electron chi connectivity index (χ4n) is 1.92. The molecule has 0 fully saturated rings. The van der Waals surface area contributed by atoms with Crippen molar-refractivity contribution in [2.75, 3.05) is 23.7 Å². The van der Waals surface area contributed by atoms with Gasteiger partial charge in [-0.1, -0.05) is 44.7 Å². The van der Waals surface area contributed by atoms with Crippen molar-refractivity contribution in [1.29, 1.82) is 0 Å². The molecule has 0 aliphatic carbocycles. The highest BCUT2D eigenvalue weighted by atomic mass is 35.5. The van der Waals surface area contributed by atoms with Crippen LogP contribution in [-0.2, 0) is 0 Å². The zero-order valence-electron chi connectivity index (χ0n) is 12.2. The molecule has 0 bridgehead atoms. The van der Waals surface area contributed by atoms with Crippen molar-refractivity contribution in [3.8, 4) is 0 Å². The molecule has 0 aliphatic heterocycles. The number of hydrogen-bond donors (Lipinski definition) is 2. The summed E-state index contributed by atoms with van der Waals surface area (Å²) in [6, 6.07) is 0. The van der Waals surface area contributed by atoms with Crippen LogP contribution in [0.2, 0.25) is 5.02 Å². The molecular weight excluding hydrogens is 260 g/mol. The SMILES string of the molecule is CCCCC(CC)CNc1nc(NCC)ncc1Cl. The van der Waals surface area contributed by atoms with E-state index in [1.165, 1.54) is 25.7 Å². The molecule has 0 saturated heterocycles. The molecule has 4 nitrogen and oxygen atoms in total. The number of halogens is 1. The first-order valence-electron chi connectivity index (χ1n) is 7.21. The molecule has 0 spiro atoms. The van der Waals surface area contributed by atoms with Gasteiger partial charge in [-0.05, 0) is 19.3 Å². The third-order valence-electron chi connectivity index (χ3n) is 3.18. The predicted molar refractivity (Wildman–Crippen MR) is 83.0 cm³/mol. The maximum absolute atomic E-state index is 6.11. The number of unbranched alkanes of at least 4 members (excludes halogenated alkanes) is 1. The van der Waals surface area contributed by atoms with Crippen molar-refractivity contribution < 1.29 is 0 Å². The molecule has 1 heterocycles. The Morgan fingerprint density at radius 1 is 1.26 bits per heavy atom. The highest BCUT2D eigenvalue weighted by molar-refractivity contribution is 6.32. The molecule has 0 saturated carbocycles. The van der Waals surface area contributed by atoms with Crippen molar-refractivity contribution in [3.05, 3.63) is 11.2 Å². The predicted octanol–water partition coefficient (Wildman–Crippen LogP) is 4.19. The van der Waals surface area contributed by atoms with E-state index in [0.29, 0.717) is 16.9 Å². The number of nitrogens with one attached hydrogen (secondary N) is 2. The average Bonchev–Trinajstić information content (AvgIpc) is 2.42. The molecule has 0 amide bonds. The highest BCUT2D eigenvalue weighted by Gasteiger charge is 2.09. The molecule has 1 rings (SSSR count). The summed E-state index contributed by atoms with van der Waals surface area (Å²) in [4.78, 5) is 8.51. The van der Waals surface area contributed by atoms with Gasteiger partial charge in [0.25, 0.3) is 0 Å². The Labute approximate surface area is 121 Å². The lowest BCUT2D eigenvalue weighted by atomic mass is 9.99. The first-order valence-corrected chi connectivity index (χ1v) is 7.59. The van der Waals surface area contributed by atoms with E-state index < -0.39 is 0 Å². The van der Waals surface area contributed by atoms with Gasteiger partial charge in [-0.25, -0.2) is 4.98 Å². The molecule has 19 heavy (non-hydrogen) atoms. The fourth-order valence-corrected chi connectivity index (χ4v) is 2.08. The Morgan fingerprint density at radius 2 is 2.05 bits per heavy atom. The summed E-state index contributed by atoms with van der Waals surface area (Å²) < 4.78 is 0.